The predicted octanol–water partition coefficient (Wildman–Crippen LogP) is 4.97. The van der Waals surface area contributed by atoms with Gasteiger partial charge in [-0.3, -0.25) is 0 Å². The Balaban J connectivity index is 1.97. The monoisotopic (exact) mass is 296 g/mol. The van der Waals surface area contributed by atoms with Crippen molar-refractivity contribution in [3.8, 4) is 0 Å². The van der Waals surface area contributed by atoms with E-state index in [0.29, 0.717) is 0 Å². The summed E-state index contributed by atoms with van der Waals surface area (Å²) < 4.78 is 0. The molecule has 0 spiro atoms. The van der Waals surface area contributed by atoms with Gasteiger partial charge in [0.15, 0.2) is 0 Å². The molecule has 1 aliphatic rings. The molecule has 0 saturated carbocycles. The first-order valence-electron chi connectivity index (χ1n) is 8.35. The standard InChI is InChI=1S/C19H26BP/c1-2-15-21(20)18(16-9-5-3-6-10-16)13-14-19(21)17-11-7-4-8-12-17/h3-12,18-19,21H,2,13-15,20H2,1H3/t18-,19?/m1/s1. The van der Waals surface area contributed by atoms with Gasteiger partial charge in [-0.25, -0.2) is 0 Å². The summed E-state index contributed by atoms with van der Waals surface area (Å²) in [5.74, 6) is 0. The molecule has 2 aromatic carbocycles. The zero-order valence-electron chi connectivity index (χ0n) is 13.3. The van der Waals surface area contributed by atoms with Crippen LogP contribution in [-0.2, 0) is 0 Å². The zero-order chi connectivity index (χ0) is 14.7. The van der Waals surface area contributed by atoms with Crippen LogP contribution >= 0.6 is 7.14 Å². The average molecular weight is 296 g/mol. The first kappa shape index (κ1) is 14.9. The Morgan fingerprint density at radius 2 is 1.29 bits per heavy atom. The van der Waals surface area contributed by atoms with Crippen LogP contribution in [0.25, 0.3) is 0 Å². The Hall–Kier alpha value is -1.07. The van der Waals surface area contributed by atoms with E-state index in [1.807, 2.05) is 0 Å². The third-order valence-electron chi connectivity index (χ3n) is 5.53. The third-order valence-corrected chi connectivity index (χ3v) is 11.5. The van der Waals surface area contributed by atoms with Crippen molar-refractivity contribution in [2.75, 3.05) is 6.16 Å². The summed E-state index contributed by atoms with van der Waals surface area (Å²) in [6, 6.07) is 22.6. The summed E-state index contributed by atoms with van der Waals surface area (Å²) in [6.45, 7) is 2.36. The van der Waals surface area contributed by atoms with Crippen LogP contribution in [0.4, 0.5) is 0 Å². The van der Waals surface area contributed by atoms with Crippen LogP contribution in [0.3, 0.4) is 0 Å². The van der Waals surface area contributed by atoms with E-state index in [1.54, 1.807) is 11.1 Å². The molecular formula is C19H26BP. The van der Waals surface area contributed by atoms with Crippen LogP contribution in [0.1, 0.15) is 48.6 Å². The molecule has 2 heteroatoms. The van der Waals surface area contributed by atoms with Gasteiger partial charge in [0.2, 0.25) is 0 Å². The van der Waals surface area contributed by atoms with Crippen LogP contribution < -0.4 is 0 Å². The van der Waals surface area contributed by atoms with Crippen molar-refractivity contribution in [1.29, 1.82) is 0 Å². The van der Waals surface area contributed by atoms with Crippen molar-refractivity contribution in [1.82, 2.24) is 0 Å². The molecule has 1 heterocycles. The van der Waals surface area contributed by atoms with Gasteiger partial charge in [0.25, 0.3) is 0 Å². The van der Waals surface area contributed by atoms with E-state index in [0.717, 1.165) is 11.3 Å². The maximum atomic E-state index is 2.67. The van der Waals surface area contributed by atoms with Crippen LogP contribution in [0, 0.1) is 0 Å². The fourth-order valence-corrected chi connectivity index (χ4v) is 10.4. The molecule has 0 aromatic heterocycles. The Morgan fingerprint density at radius 1 is 0.857 bits per heavy atom. The first-order chi connectivity index (χ1) is 10.3. The molecule has 0 N–H and O–H groups in total. The van der Waals surface area contributed by atoms with E-state index in [2.05, 4.69) is 75.2 Å². The Bertz CT molecular complexity index is 519. The van der Waals surface area contributed by atoms with Crippen LogP contribution in [0.2, 0.25) is 0 Å². The molecule has 2 atom stereocenters. The summed E-state index contributed by atoms with van der Waals surface area (Å²) in [6.07, 6.45) is 5.54. The second-order valence-corrected chi connectivity index (χ2v) is 11.7. The minimum absolute atomic E-state index is 0.837. The van der Waals surface area contributed by atoms with Crippen LogP contribution in [0.5, 0.6) is 0 Å². The van der Waals surface area contributed by atoms with Gasteiger partial charge in [-0.15, -0.1) is 0 Å². The van der Waals surface area contributed by atoms with E-state index in [1.165, 1.54) is 25.4 Å². The molecule has 1 saturated heterocycles. The summed E-state index contributed by atoms with van der Waals surface area (Å²) in [5, 5.41) is 0. The quantitative estimate of drug-likeness (QED) is 0.552. The van der Waals surface area contributed by atoms with Gasteiger partial charge >= 0.3 is 130 Å². The molecule has 0 bridgehead atoms. The van der Waals surface area contributed by atoms with Crippen molar-refractivity contribution < 1.29 is 0 Å². The number of hydrogen-bond donors (Lipinski definition) is 0. The zero-order valence-corrected chi connectivity index (χ0v) is 14.3. The maximum absolute atomic E-state index is 2.67. The Kier molecular flexibility index (Phi) is 4.50. The van der Waals surface area contributed by atoms with Gasteiger partial charge in [-0.2, -0.15) is 0 Å². The van der Waals surface area contributed by atoms with Gasteiger partial charge in [0, 0.05) is 0 Å². The molecule has 3 rings (SSSR count). The number of benzene rings is 2. The number of rotatable bonds is 4. The summed E-state index contributed by atoms with van der Waals surface area (Å²) in [4.78, 5) is 0. The molecule has 1 aliphatic heterocycles. The average Bonchev–Trinajstić information content (AvgIpc) is 2.86. The third kappa shape index (κ3) is 2.81. The van der Waals surface area contributed by atoms with Gasteiger partial charge in [0.05, 0.1) is 0 Å². The van der Waals surface area contributed by atoms with Gasteiger partial charge in [-0.1, -0.05) is 0 Å². The van der Waals surface area contributed by atoms with Crippen molar-refractivity contribution in [2.45, 2.75) is 37.5 Å². The molecule has 21 heavy (non-hydrogen) atoms. The topological polar surface area (TPSA) is 0 Å². The van der Waals surface area contributed by atoms with Gasteiger partial charge < -0.3 is 0 Å². The fraction of sp³-hybridized carbons (Fsp3) is 0.368. The molecule has 0 radical (unpaired) electrons. The predicted molar refractivity (Wildman–Crippen MR) is 99.6 cm³/mol. The van der Waals surface area contributed by atoms with Crippen molar-refractivity contribution in [2.24, 2.45) is 0 Å². The molecule has 1 fully saturated rings. The molecule has 110 valence electrons. The normalized spacial score (nSPS) is 25.6. The van der Waals surface area contributed by atoms with E-state index in [9.17, 15) is 0 Å². The minimum atomic E-state index is -1.33. The second kappa shape index (κ2) is 6.36. The van der Waals surface area contributed by atoms with Gasteiger partial charge in [0.1, 0.15) is 0 Å². The number of hydrogen-bond acceptors (Lipinski definition) is 0. The first-order valence-corrected chi connectivity index (χ1v) is 11.2. The Morgan fingerprint density at radius 3 is 1.67 bits per heavy atom. The van der Waals surface area contributed by atoms with Crippen LogP contribution in [-0.4, -0.2) is 13.7 Å². The van der Waals surface area contributed by atoms with E-state index < -0.39 is 7.14 Å². The van der Waals surface area contributed by atoms with E-state index in [-0.39, 0.29) is 0 Å². The molecule has 2 aromatic rings. The van der Waals surface area contributed by atoms with Crippen molar-refractivity contribution in [3.05, 3.63) is 71.8 Å². The molecular weight excluding hydrogens is 270 g/mol. The molecule has 0 amide bonds. The van der Waals surface area contributed by atoms with Crippen molar-refractivity contribution in [3.63, 3.8) is 0 Å². The summed E-state index contributed by atoms with van der Waals surface area (Å²) in [7, 11) is 1.34. The summed E-state index contributed by atoms with van der Waals surface area (Å²) >= 11 is 0. The molecule has 1 unspecified atom stereocenters. The van der Waals surface area contributed by atoms with Gasteiger partial charge in [-0.05, 0) is 0 Å². The molecule has 0 aliphatic carbocycles. The molecule has 0 nitrogen and oxygen atoms in total. The van der Waals surface area contributed by atoms with E-state index >= 15 is 0 Å². The van der Waals surface area contributed by atoms with Crippen molar-refractivity contribution >= 4 is 14.7 Å². The SMILES string of the molecule is B[PH]1(CCC)C(c2ccccc2)CC[C@@H]1c1ccccc1. The Labute approximate surface area is 130 Å². The van der Waals surface area contributed by atoms with Crippen LogP contribution in [0.15, 0.2) is 60.7 Å². The van der Waals surface area contributed by atoms with E-state index in [4.69, 9.17) is 0 Å². The summed E-state index contributed by atoms with van der Waals surface area (Å²) in [5.41, 5.74) is 4.87. The fourth-order valence-electron chi connectivity index (χ4n) is 4.59. The second-order valence-electron chi connectivity index (χ2n) is 6.76.